The highest BCUT2D eigenvalue weighted by molar-refractivity contribution is 7.89. The zero-order valence-corrected chi connectivity index (χ0v) is 12.5. The van der Waals surface area contributed by atoms with Crippen molar-refractivity contribution >= 4 is 21.6 Å². The van der Waals surface area contributed by atoms with Gasteiger partial charge < -0.3 is 4.57 Å². The summed E-state index contributed by atoms with van der Waals surface area (Å²) in [6.45, 7) is 0.602. The van der Waals surface area contributed by atoms with E-state index >= 15 is 0 Å². The van der Waals surface area contributed by atoms with Crippen LogP contribution in [-0.4, -0.2) is 34.9 Å². The predicted molar refractivity (Wildman–Crippen MR) is 72.5 cm³/mol. The summed E-state index contributed by atoms with van der Waals surface area (Å²) in [4.78, 5) is 3.97. The van der Waals surface area contributed by atoms with Crippen molar-refractivity contribution in [3.8, 4) is 0 Å². The zero-order valence-electron chi connectivity index (χ0n) is 10.9. The lowest BCUT2D eigenvalue weighted by Crippen LogP contribution is -2.39. The van der Waals surface area contributed by atoms with Gasteiger partial charge in [-0.2, -0.15) is 4.31 Å². The van der Waals surface area contributed by atoms with Crippen LogP contribution in [0.2, 0.25) is 5.15 Å². The molecule has 106 valence electrons. The summed E-state index contributed by atoms with van der Waals surface area (Å²) < 4.78 is 28.5. The molecular weight excluding hydrogens is 286 g/mol. The van der Waals surface area contributed by atoms with Gasteiger partial charge in [-0.3, -0.25) is 0 Å². The van der Waals surface area contributed by atoms with Gasteiger partial charge in [-0.25, -0.2) is 13.4 Å². The first-order valence-corrected chi connectivity index (χ1v) is 8.52. The number of sulfonamides is 1. The predicted octanol–water partition coefficient (Wildman–Crippen LogP) is 2.03. The second-order valence-corrected chi connectivity index (χ2v) is 7.63. The molecule has 0 N–H and O–H groups in total. The Morgan fingerprint density at radius 1 is 1.32 bits per heavy atom. The van der Waals surface area contributed by atoms with E-state index in [1.54, 1.807) is 11.4 Å². The Morgan fingerprint density at radius 2 is 2.05 bits per heavy atom. The summed E-state index contributed by atoms with van der Waals surface area (Å²) >= 11 is 6.04. The average Bonchev–Trinajstić information content (AvgIpc) is 2.95. The minimum Gasteiger partial charge on any atom is -0.324 e. The molecule has 1 saturated heterocycles. The Balaban J connectivity index is 1.95. The second-order valence-electron chi connectivity index (χ2n) is 5.47. The van der Waals surface area contributed by atoms with Crippen LogP contribution < -0.4 is 0 Å². The van der Waals surface area contributed by atoms with E-state index in [1.807, 2.05) is 0 Å². The Bertz CT molecular complexity index is 584. The van der Waals surface area contributed by atoms with E-state index in [0.29, 0.717) is 12.5 Å². The molecule has 1 aromatic heterocycles. The number of nitrogens with zero attached hydrogens (tertiary/aromatic N) is 3. The van der Waals surface area contributed by atoms with Crippen molar-refractivity contribution in [2.24, 2.45) is 13.0 Å². The lowest BCUT2D eigenvalue weighted by molar-refractivity contribution is 0.260. The van der Waals surface area contributed by atoms with Gasteiger partial charge in [-0.15, -0.1) is 0 Å². The first-order valence-electron chi connectivity index (χ1n) is 6.70. The van der Waals surface area contributed by atoms with Crippen molar-refractivity contribution in [2.45, 2.75) is 43.2 Å². The minimum absolute atomic E-state index is 0.00268. The van der Waals surface area contributed by atoms with Crippen molar-refractivity contribution in [3.63, 3.8) is 0 Å². The molecule has 2 atom stereocenters. The molecule has 0 spiro atoms. The van der Waals surface area contributed by atoms with Crippen LogP contribution in [0.3, 0.4) is 0 Å². The number of rotatable bonds is 2. The maximum atomic E-state index is 12.7. The van der Waals surface area contributed by atoms with Crippen molar-refractivity contribution in [1.29, 1.82) is 0 Å². The quantitative estimate of drug-likeness (QED) is 0.840. The van der Waals surface area contributed by atoms with Gasteiger partial charge in [0.1, 0.15) is 5.15 Å². The Morgan fingerprint density at radius 3 is 2.74 bits per heavy atom. The minimum atomic E-state index is -3.55. The summed E-state index contributed by atoms with van der Waals surface area (Å²) in [6, 6.07) is 0.150. The Labute approximate surface area is 118 Å². The summed E-state index contributed by atoms with van der Waals surface area (Å²) in [5.41, 5.74) is 0. The van der Waals surface area contributed by atoms with E-state index < -0.39 is 10.0 Å². The van der Waals surface area contributed by atoms with Crippen LogP contribution in [0.4, 0.5) is 0 Å². The molecule has 1 aromatic rings. The summed E-state index contributed by atoms with van der Waals surface area (Å²) in [7, 11) is -1.85. The van der Waals surface area contributed by atoms with Crippen LogP contribution in [0, 0.1) is 5.92 Å². The molecule has 2 heterocycles. The van der Waals surface area contributed by atoms with E-state index in [0.717, 1.165) is 25.7 Å². The maximum Gasteiger partial charge on any atom is 0.263 e. The van der Waals surface area contributed by atoms with Gasteiger partial charge in [0.25, 0.3) is 10.0 Å². The summed E-state index contributed by atoms with van der Waals surface area (Å²) in [5.74, 6) is 0.519. The monoisotopic (exact) mass is 303 g/mol. The fourth-order valence-corrected chi connectivity index (χ4v) is 5.46. The molecule has 3 rings (SSSR count). The lowest BCUT2D eigenvalue weighted by atomic mass is 9.86. The first-order chi connectivity index (χ1) is 9.01. The Kier molecular flexibility index (Phi) is 3.35. The van der Waals surface area contributed by atoms with Crippen LogP contribution in [0.5, 0.6) is 0 Å². The molecule has 5 nitrogen and oxygen atoms in total. The topological polar surface area (TPSA) is 55.2 Å². The van der Waals surface area contributed by atoms with Gasteiger partial charge in [0.15, 0.2) is 0 Å². The summed E-state index contributed by atoms with van der Waals surface area (Å²) in [5, 5.41) is 0.196. The fourth-order valence-electron chi connectivity index (χ4n) is 3.34. The second kappa shape index (κ2) is 4.75. The number of halogens is 1. The molecule has 2 fully saturated rings. The normalized spacial score (nSPS) is 28.5. The van der Waals surface area contributed by atoms with Gasteiger partial charge >= 0.3 is 0 Å². The highest BCUT2D eigenvalue weighted by Crippen LogP contribution is 2.39. The highest BCUT2D eigenvalue weighted by atomic mass is 35.5. The zero-order chi connectivity index (χ0) is 13.6. The number of hydrogen-bond donors (Lipinski definition) is 0. The average molecular weight is 304 g/mol. The fraction of sp³-hybridized carbons (Fsp3) is 0.750. The highest BCUT2D eigenvalue weighted by Gasteiger charge is 2.43. The molecule has 1 aliphatic heterocycles. The first kappa shape index (κ1) is 13.4. The van der Waals surface area contributed by atoms with Gasteiger partial charge in [-0.1, -0.05) is 24.4 Å². The lowest BCUT2D eigenvalue weighted by Gasteiger charge is -2.30. The number of fused-ring (bicyclic) bond motifs is 1. The van der Waals surface area contributed by atoms with Crippen molar-refractivity contribution < 1.29 is 8.42 Å². The van der Waals surface area contributed by atoms with Crippen LogP contribution in [0.1, 0.15) is 32.1 Å². The molecule has 0 aromatic carbocycles. The molecule has 2 unspecified atom stereocenters. The molecule has 19 heavy (non-hydrogen) atoms. The largest absolute Gasteiger partial charge is 0.324 e. The van der Waals surface area contributed by atoms with E-state index in [2.05, 4.69) is 4.98 Å². The number of aryl methyl sites for hydroxylation is 1. The molecule has 0 amide bonds. The molecule has 1 aliphatic carbocycles. The van der Waals surface area contributed by atoms with Crippen LogP contribution in [-0.2, 0) is 17.1 Å². The van der Waals surface area contributed by atoms with E-state index in [4.69, 9.17) is 11.6 Å². The van der Waals surface area contributed by atoms with Gasteiger partial charge in [0.05, 0.1) is 6.33 Å². The van der Waals surface area contributed by atoms with Crippen LogP contribution >= 0.6 is 11.6 Å². The van der Waals surface area contributed by atoms with Crippen LogP contribution in [0.25, 0.3) is 0 Å². The molecular formula is C12H18ClN3O2S. The number of aromatic nitrogens is 2. The third-order valence-corrected chi connectivity index (χ3v) is 6.76. The molecule has 7 heteroatoms. The SMILES string of the molecule is Cn1cnc(S(=O)(=O)N2CCC3CCCCC32)c1Cl. The van der Waals surface area contributed by atoms with Gasteiger partial charge in [0, 0.05) is 19.6 Å². The van der Waals surface area contributed by atoms with Gasteiger partial charge in [-0.05, 0) is 25.2 Å². The third kappa shape index (κ3) is 2.10. The third-order valence-electron chi connectivity index (χ3n) is 4.35. The maximum absolute atomic E-state index is 12.7. The number of imidazole rings is 1. The molecule has 0 bridgehead atoms. The molecule has 1 saturated carbocycles. The molecule has 0 radical (unpaired) electrons. The Hall–Kier alpha value is -0.590. The molecule has 2 aliphatic rings. The smallest absolute Gasteiger partial charge is 0.263 e. The van der Waals surface area contributed by atoms with Gasteiger partial charge in [0.2, 0.25) is 5.03 Å². The van der Waals surface area contributed by atoms with Crippen molar-refractivity contribution in [1.82, 2.24) is 13.9 Å². The van der Waals surface area contributed by atoms with E-state index in [9.17, 15) is 8.42 Å². The van der Waals surface area contributed by atoms with Crippen LogP contribution in [0.15, 0.2) is 11.4 Å². The standard InChI is InChI=1S/C12H18ClN3O2S/c1-15-8-14-12(11(15)13)19(17,18)16-7-6-9-4-2-3-5-10(9)16/h8-10H,2-7H2,1H3. The number of hydrogen-bond acceptors (Lipinski definition) is 3. The van der Waals surface area contributed by atoms with Crippen molar-refractivity contribution in [2.75, 3.05) is 6.54 Å². The van der Waals surface area contributed by atoms with E-state index in [-0.39, 0.29) is 16.2 Å². The van der Waals surface area contributed by atoms with E-state index in [1.165, 1.54) is 17.3 Å². The van der Waals surface area contributed by atoms with Crippen molar-refractivity contribution in [3.05, 3.63) is 11.5 Å². The summed E-state index contributed by atoms with van der Waals surface area (Å²) in [6.07, 6.45) is 6.86.